The highest BCUT2D eigenvalue weighted by molar-refractivity contribution is 5.29. The highest BCUT2D eigenvalue weighted by Gasteiger charge is 2.17. The zero-order chi connectivity index (χ0) is 14.7. The van der Waals surface area contributed by atoms with Gasteiger partial charge in [-0.3, -0.25) is 4.90 Å². The second-order valence-corrected chi connectivity index (χ2v) is 5.83. The molecule has 1 aliphatic rings. The van der Waals surface area contributed by atoms with Crippen LogP contribution in [0.5, 0.6) is 0 Å². The Hall–Kier alpha value is -1.72. The zero-order valence-electron chi connectivity index (χ0n) is 12.7. The predicted octanol–water partition coefficient (Wildman–Crippen LogP) is 1.91. The Balaban J connectivity index is 1.50. The number of rotatable bonds is 5. The molecule has 1 aromatic heterocycles. The molecule has 2 heterocycles. The molecule has 0 bridgehead atoms. The van der Waals surface area contributed by atoms with E-state index in [1.165, 1.54) is 11.1 Å². The van der Waals surface area contributed by atoms with Crippen LogP contribution in [0.4, 0.5) is 0 Å². The number of hydrogen-bond acceptors (Lipinski definition) is 5. The average molecular weight is 286 g/mol. The van der Waals surface area contributed by atoms with E-state index in [0.717, 1.165) is 37.4 Å². The Kier molecular flexibility index (Phi) is 4.31. The number of aryl methyl sites for hydroxylation is 1. The van der Waals surface area contributed by atoms with Crippen molar-refractivity contribution in [3.05, 3.63) is 46.8 Å². The van der Waals surface area contributed by atoms with E-state index in [-0.39, 0.29) is 0 Å². The zero-order valence-corrected chi connectivity index (χ0v) is 12.7. The Morgan fingerprint density at radius 2 is 2.10 bits per heavy atom. The van der Waals surface area contributed by atoms with E-state index >= 15 is 0 Å². The molecule has 1 aliphatic heterocycles. The van der Waals surface area contributed by atoms with Gasteiger partial charge in [-0.1, -0.05) is 34.6 Å². The molecule has 5 nitrogen and oxygen atoms in total. The minimum Gasteiger partial charge on any atom is -0.307 e. The molecular formula is C16H22N4O. The van der Waals surface area contributed by atoms with Crippen LogP contribution in [-0.4, -0.2) is 34.3 Å². The van der Waals surface area contributed by atoms with Crippen LogP contribution in [0, 0.1) is 6.92 Å². The monoisotopic (exact) mass is 286 g/mol. The molecule has 3 rings (SSSR count). The standard InChI is InChI=1S/C16H22N4O/c1-12(17-9-16-13(2)18-21-19-16)10-20-8-7-14-5-3-4-6-15(14)11-20/h3-6,12,17H,7-11H2,1-2H3/t12-/m1/s1. The van der Waals surface area contributed by atoms with E-state index in [0.29, 0.717) is 12.6 Å². The molecule has 5 heteroatoms. The van der Waals surface area contributed by atoms with E-state index in [1.807, 2.05) is 6.92 Å². The molecule has 0 aliphatic carbocycles. The van der Waals surface area contributed by atoms with Gasteiger partial charge in [-0.05, 0) is 31.4 Å². The largest absolute Gasteiger partial charge is 0.307 e. The van der Waals surface area contributed by atoms with Crippen LogP contribution >= 0.6 is 0 Å². The summed E-state index contributed by atoms with van der Waals surface area (Å²) in [5.74, 6) is 0. The molecule has 1 aromatic carbocycles. The third-order valence-electron chi connectivity index (χ3n) is 4.11. The van der Waals surface area contributed by atoms with Crippen molar-refractivity contribution in [2.45, 2.75) is 39.4 Å². The van der Waals surface area contributed by atoms with Crippen molar-refractivity contribution in [1.82, 2.24) is 20.5 Å². The van der Waals surface area contributed by atoms with Gasteiger partial charge in [0, 0.05) is 32.2 Å². The molecule has 0 fully saturated rings. The first-order chi connectivity index (χ1) is 10.2. The van der Waals surface area contributed by atoms with Crippen LogP contribution in [0.3, 0.4) is 0 Å². The van der Waals surface area contributed by atoms with E-state index in [9.17, 15) is 0 Å². The Morgan fingerprint density at radius 1 is 1.29 bits per heavy atom. The smallest absolute Gasteiger partial charge is 0.121 e. The van der Waals surface area contributed by atoms with E-state index in [2.05, 4.69) is 51.7 Å². The Labute approximate surface area is 125 Å². The molecule has 0 radical (unpaired) electrons. The summed E-state index contributed by atoms with van der Waals surface area (Å²) >= 11 is 0. The van der Waals surface area contributed by atoms with Crippen LogP contribution in [0.15, 0.2) is 28.9 Å². The second-order valence-electron chi connectivity index (χ2n) is 5.83. The van der Waals surface area contributed by atoms with Crippen molar-refractivity contribution < 1.29 is 4.63 Å². The molecule has 1 atom stereocenters. The fourth-order valence-corrected chi connectivity index (χ4v) is 2.84. The topological polar surface area (TPSA) is 54.2 Å². The van der Waals surface area contributed by atoms with Crippen LogP contribution in [0.2, 0.25) is 0 Å². The molecule has 0 saturated heterocycles. The highest BCUT2D eigenvalue weighted by atomic mass is 16.6. The molecule has 0 spiro atoms. The summed E-state index contributed by atoms with van der Waals surface area (Å²) < 4.78 is 4.72. The van der Waals surface area contributed by atoms with Gasteiger partial charge in [0.2, 0.25) is 0 Å². The highest BCUT2D eigenvalue weighted by Crippen LogP contribution is 2.18. The van der Waals surface area contributed by atoms with Crippen LogP contribution in [0.1, 0.15) is 29.4 Å². The lowest BCUT2D eigenvalue weighted by atomic mass is 10.00. The minimum absolute atomic E-state index is 0.409. The average Bonchev–Trinajstić information content (AvgIpc) is 2.90. The number of nitrogens with one attached hydrogen (secondary N) is 1. The fourth-order valence-electron chi connectivity index (χ4n) is 2.84. The van der Waals surface area contributed by atoms with E-state index in [1.54, 1.807) is 0 Å². The number of hydrogen-bond donors (Lipinski definition) is 1. The van der Waals surface area contributed by atoms with Crippen LogP contribution in [-0.2, 0) is 19.5 Å². The molecule has 21 heavy (non-hydrogen) atoms. The van der Waals surface area contributed by atoms with Gasteiger partial charge in [-0.25, -0.2) is 4.63 Å². The summed E-state index contributed by atoms with van der Waals surface area (Å²) in [5, 5.41) is 11.2. The first-order valence-corrected chi connectivity index (χ1v) is 7.53. The van der Waals surface area contributed by atoms with Crippen molar-refractivity contribution in [1.29, 1.82) is 0 Å². The third-order valence-corrected chi connectivity index (χ3v) is 4.11. The number of benzene rings is 1. The van der Waals surface area contributed by atoms with Gasteiger partial charge in [-0.2, -0.15) is 0 Å². The second kappa shape index (κ2) is 6.37. The lowest BCUT2D eigenvalue weighted by Gasteiger charge is -2.31. The molecule has 1 N–H and O–H groups in total. The summed E-state index contributed by atoms with van der Waals surface area (Å²) in [6.07, 6.45) is 1.15. The van der Waals surface area contributed by atoms with Gasteiger partial charge < -0.3 is 5.32 Å². The van der Waals surface area contributed by atoms with Gasteiger partial charge in [0.05, 0.1) is 0 Å². The lowest BCUT2D eigenvalue weighted by Crippen LogP contribution is -2.41. The fraction of sp³-hybridized carbons (Fsp3) is 0.500. The van der Waals surface area contributed by atoms with Crippen molar-refractivity contribution in [2.75, 3.05) is 13.1 Å². The van der Waals surface area contributed by atoms with Gasteiger partial charge in [0.1, 0.15) is 11.4 Å². The SMILES string of the molecule is Cc1nonc1CN[C@H](C)CN1CCc2ccccc2C1. The molecule has 0 saturated carbocycles. The quantitative estimate of drug-likeness (QED) is 0.910. The van der Waals surface area contributed by atoms with Gasteiger partial charge >= 0.3 is 0 Å². The van der Waals surface area contributed by atoms with Crippen molar-refractivity contribution in [3.63, 3.8) is 0 Å². The van der Waals surface area contributed by atoms with Crippen LogP contribution < -0.4 is 5.32 Å². The van der Waals surface area contributed by atoms with Crippen molar-refractivity contribution in [3.8, 4) is 0 Å². The Morgan fingerprint density at radius 3 is 2.86 bits per heavy atom. The summed E-state index contributed by atoms with van der Waals surface area (Å²) in [6.45, 7) is 8.06. The molecule has 0 amide bonds. The van der Waals surface area contributed by atoms with E-state index in [4.69, 9.17) is 4.63 Å². The lowest BCUT2D eigenvalue weighted by molar-refractivity contribution is 0.228. The summed E-state index contributed by atoms with van der Waals surface area (Å²) in [4.78, 5) is 2.51. The van der Waals surface area contributed by atoms with Gasteiger partial charge in [0.25, 0.3) is 0 Å². The summed E-state index contributed by atoms with van der Waals surface area (Å²) in [5.41, 5.74) is 4.72. The third kappa shape index (κ3) is 3.49. The first-order valence-electron chi connectivity index (χ1n) is 7.53. The van der Waals surface area contributed by atoms with E-state index < -0.39 is 0 Å². The normalized spacial score (nSPS) is 16.7. The van der Waals surface area contributed by atoms with Crippen molar-refractivity contribution >= 4 is 0 Å². The van der Waals surface area contributed by atoms with Crippen LogP contribution in [0.25, 0.3) is 0 Å². The number of aromatic nitrogens is 2. The Bertz CT molecular complexity index is 595. The number of nitrogens with zero attached hydrogens (tertiary/aromatic N) is 3. The van der Waals surface area contributed by atoms with Gasteiger partial charge in [0.15, 0.2) is 0 Å². The van der Waals surface area contributed by atoms with Crippen molar-refractivity contribution in [2.24, 2.45) is 0 Å². The molecular weight excluding hydrogens is 264 g/mol. The minimum atomic E-state index is 0.409. The molecule has 2 aromatic rings. The summed E-state index contributed by atoms with van der Waals surface area (Å²) in [7, 11) is 0. The molecule has 0 unspecified atom stereocenters. The predicted molar refractivity (Wildman–Crippen MR) is 80.8 cm³/mol. The maximum absolute atomic E-state index is 4.72. The maximum atomic E-state index is 4.72. The summed E-state index contributed by atoms with van der Waals surface area (Å²) in [6, 6.07) is 9.15. The number of fused-ring (bicyclic) bond motifs is 1. The first kappa shape index (κ1) is 14.2. The molecule has 112 valence electrons. The van der Waals surface area contributed by atoms with Gasteiger partial charge in [-0.15, -0.1) is 0 Å². The maximum Gasteiger partial charge on any atom is 0.121 e.